The Hall–Kier alpha value is -0.860. The van der Waals surface area contributed by atoms with E-state index in [0.717, 1.165) is 0 Å². The highest BCUT2D eigenvalue weighted by Gasteiger charge is 2.18. The lowest BCUT2D eigenvalue weighted by atomic mass is 10.0. The summed E-state index contributed by atoms with van der Waals surface area (Å²) in [6.45, 7) is 6.29. The summed E-state index contributed by atoms with van der Waals surface area (Å²) in [7, 11) is 0. The first-order valence-corrected chi connectivity index (χ1v) is 3.62. The van der Waals surface area contributed by atoms with Crippen molar-refractivity contribution in [2.24, 2.45) is 5.92 Å². The van der Waals surface area contributed by atoms with Crippen molar-refractivity contribution in [1.82, 2.24) is 0 Å². The molecule has 0 aliphatic carbocycles. The van der Waals surface area contributed by atoms with Crippen LogP contribution in [0.5, 0.6) is 0 Å². The third-order valence-corrected chi connectivity index (χ3v) is 1.70. The Balaban J connectivity index is 3.92. The fourth-order valence-corrected chi connectivity index (χ4v) is 0.694. The lowest BCUT2D eigenvalue weighted by Gasteiger charge is -2.16. The Morgan fingerprint density at radius 3 is 1.91 bits per heavy atom. The molecule has 0 fully saturated rings. The lowest BCUT2D eigenvalue weighted by molar-refractivity contribution is -0.149. The van der Waals surface area contributed by atoms with Crippen LogP contribution in [0.4, 0.5) is 0 Å². The Morgan fingerprint density at radius 1 is 1.18 bits per heavy atom. The molecule has 3 heteroatoms. The third kappa shape index (κ3) is 3.75. The molecule has 0 amide bonds. The molecule has 0 rings (SSSR count). The van der Waals surface area contributed by atoms with Gasteiger partial charge in [-0.25, -0.2) is 0 Å². The molecule has 3 nitrogen and oxygen atoms in total. The van der Waals surface area contributed by atoms with Crippen LogP contribution in [0.3, 0.4) is 0 Å². The quantitative estimate of drug-likeness (QED) is 0.579. The molecular formula is C8H14O3. The van der Waals surface area contributed by atoms with Crippen molar-refractivity contribution in [2.45, 2.75) is 33.8 Å². The predicted octanol–water partition coefficient (Wildman–Crippen LogP) is 1.16. The van der Waals surface area contributed by atoms with Gasteiger partial charge < -0.3 is 4.74 Å². The summed E-state index contributed by atoms with van der Waals surface area (Å²) in [4.78, 5) is 21.2. The number of rotatable bonds is 3. The van der Waals surface area contributed by atoms with E-state index in [0.29, 0.717) is 0 Å². The Bertz CT molecular complexity index is 163. The van der Waals surface area contributed by atoms with Crippen LogP contribution in [-0.2, 0) is 14.3 Å². The summed E-state index contributed by atoms with van der Waals surface area (Å²) in [5.74, 6) is -0.511. The highest BCUT2D eigenvalue weighted by molar-refractivity contribution is 5.78. The molecule has 64 valence electrons. The largest absolute Gasteiger partial charge is 0.462 e. The highest BCUT2D eigenvalue weighted by atomic mass is 16.5. The number of carbonyl (C=O) groups excluding carboxylic acids is 2. The van der Waals surface area contributed by atoms with Crippen LogP contribution in [0.2, 0.25) is 0 Å². The van der Waals surface area contributed by atoms with Gasteiger partial charge in [0, 0.05) is 6.92 Å². The zero-order valence-corrected chi connectivity index (χ0v) is 7.38. The average Bonchev–Trinajstić information content (AvgIpc) is 1.84. The number of hydrogen-bond donors (Lipinski definition) is 0. The maximum atomic E-state index is 10.8. The second-order valence-electron chi connectivity index (χ2n) is 2.71. The molecule has 0 aliphatic heterocycles. The van der Waals surface area contributed by atoms with Gasteiger partial charge in [-0.05, 0) is 13.8 Å². The van der Waals surface area contributed by atoms with E-state index >= 15 is 0 Å². The van der Waals surface area contributed by atoms with Gasteiger partial charge >= 0.3 is 5.97 Å². The van der Waals surface area contributed by atoms with E-state index in [2.05, 4.69) is 0 Å². The second kappa shape index (κ2) is 4.11. The maximum absolute atomic E-state index is 10.8. The molecule has 0 aromatic heterocycles. The van der Waals surface area contributed by atoms with Crippen LogP contribution >= 0.6 is 0 Å². The number of hydrogen-bond acceptors (Lipinski definition) is 3. The first-order chi connectivity index (χ1) is 4.95. The van der Waals surface area contributed by atoms with Gasteiger partial charge in [-0.15, -0.1) is 0 Å². The maximum Gasteiger partial charge on any atom is 0.302 e. The smallest absolute Gasteiger partial charge is 0.302 e. The third-order valence-electron chi connectivity index (χ3n) is 1.70. The van der Waals surface area contributed by atoms with Gasteiger partial charge in [-0.3, -0.25) is 9.59 Å². The molecule has 0 aliphatic rings. The van der Waals surface area contributed by atoms with E-state index in [9.17, 15) is 9.59 Å². The van der Waals surface area contributed by atoms with Gasteiger partial charge in [0.2, 0.25) is 0 Å². The van der Waals surface area contributed by atoms with Gasteiger partial charge in [0.1, 0.15) is 11.9 Å². The van der Waals surface area contributed by atoms with E-state index in [4.69, 9.17) is 4.74 Å². The van der Waals surface area contributed by atoms with E-state index in [-0.39, 0.29) is 23.8 Å². The van der Waals surface area contributed by atoms with Crippen molar-refractivity contribution in [2.75, 3.05) is 0 Å². The van der Waals surface area contributed by atoms with Crippen molar-refractivity contribution in [1.29, 1.82) is 0 Å². The molecule has 0 saturated heterocycles. The Kier molecular flexibility index (Phi) is 3.79. The van der Waals surface area contributed by atoms with Crippen LogP contribution in [0.15, 0.2) is 0 Å². The second-order valence-corrected chi connectivity index (χ2v) is 2.71. The molecule has 0 saturated carbocycles. The van der Waals surface area contributed by atoms with Crippen molar-refractivity contribution < 1.29 is 14.3 Å². The summed E-state index contributed by atoms with van der Waals surface area (Å²) in [6.07, 6.45) is -0.315. The zero-order valence-electron chi connectivity index (χ0n) is 7.38. The lowest BCUT2D eigenvalue weighted by Crippen LogP contribution is -2.25. The molecule has 2 atom stereocenters. The molecule has 2 unspecified atom stereocenters. The normalized spacial score (nSPS) is 15.3. The van der Waals surface area contributed by atoms with Crippen LogP contribution in [0, 0.1) is 5.92 Å². The SMILES string of the molecule is CC(=O)OC(C)C(C)C(C)=O. The van der Waals surface area contributed by atoms with Crippen LogP contribution in [0.25, 0.3) is 0 Å². The summed E-state index contributed by atoms with van der Waals surface area (Å²) in [5.41, 5.74) is 0. The van der Waals surface area contributed by atoms with Crippen LogP contribution < -0.4 is 0 Å². The fourth-order valence-electron chi connectivity index (χ4n) is 0.694. The van der Waals surface area contributed by atoms with Crippen molar-refractivity contribution in [3.8, 4) is 0 Å². The number of esters is 1. The topological polar surface area (TPSA) is 43.4 Å². The summed E-state index contributed by atoms with van der Waals surface area (Å²) < 4.78 is 4.81. The van der Waals surface area contributed by atoms with E-state index < -0.39 is 0 Å². The van der Waals surface area contributed by atoms with E-state index in [1.54, 1.807) is 13.8 Å². The van der Waals surface area contributed by atoms with Gasteiger partial charge in [-0.2, -0.15) is 0 Å². The first kappa shape index (κ1) is 10.1. The van der Waals surface area contributed by atoms with Crippen molar-refractivity contribution in [3.63, 3.8) is 0 Å². The fraction of sp³-hybridized carbons (Fsp3) is 0.750. The van der Waals surface area contributed by atoms with Gasteiger partial charge in [-0.1, -0.05) is 6.92 Å². The van der Waals surface area contributed by atoms with Gasteiger partial charge in [0.25, 0.3) is 0 Å². The summed E-state index contributed by atoms with van der Waals surface area (Å²) >= 11 is 0. The molecular weight excluding hydrogens is 144 g/mol. The average molecular weight is 158 g/mol. The Labute approximate surface area is 66.7 Å². The van der Waals surface area contributed by atoms with E-state index in [1.165, 1.54) is 13.8 Å². The number of ether oxygens (including phenoxy) is 1. The van der Waals surface area contributed by atoms with Gasteiger partial charge in [0.05, 0.1) is 5.92 Å². The molecule has 11 heavy (non-hydrogen) atoms. The van der Waals surface area contributed by atoms with E-state index in [1.807, 2.05) is 0 Å². The van der Waals surface area contributed by atoms with Crippen LogP contribution in [0.1, 0.15) is 27.7 Å². The minimum absolute atomic E-state index is 0.0405. The number of Topliss-reactive ketones (excluding diaryl/α,β-unsaturated/α-hetero) is 1. The standard InChI is InChI=1S/C8H14O3/c1-5(6(2)9)7(3)11-8(4)10/h5,7H,1-4H3. The number of ketones is 1. The summed E-state index contributed by atoms with van der Waals surface area (Å²) in [5, 5.41) is 0. The zero-order chi connectivity index (χ0) is 9.02. The van der Waals surface area contributed by atoms with Crippen molar-refractivity contribution in [3.05, 3.63) is 0 Å². The molecule has 0 aromatic carbocycles. The highest BCUT2D eigenvalue weighted by Crippen LogP contribution is 2.07. The molecule has 0 bridgehead atoms. The molecule has 0 heterocycles. The molecule has 0 N–H and O–H groups in total. The summed E-state index contributed by atoms with van der Waals surface area (Å²) in [6, 6.07) is 0. The monoisotopic (exact) mass is 158 g/mol. The minimum Gasteiger partial charge on any atom is -0.462 e. The first-order valence-electron chi connectivity index (χ1n) is 3.62. The molecule has 0 radical (unpaired) electrons. The van der Waals surface area contributed by atoms with Gasteiger partial charge in [0.15, 0.2) is 0 Å². The molecule has 0 spiro atoms. The predicted molar refractivity (Wildman–Crippen MR) is 41.1 cm³/mol. The minimum atomic E-state index is -0.342. The number of carbonyl (C=O) groups is 2. The van der Waals surface area contributed by atoms with Crippen LogP contribution in [-0.4, -0.2) is 17.9 Å². The Morgan fingerprint density at radius 2 is 1.64 bits per heavy atom. The van der Waals surface area contributed by atoms with Crippen molar-refractivity contribution >= 4 is 11.8 Å². The molecule has 0 aromatic rings.